The largest absolute Gasteiger partial charge is 0.205 e. The Morgan fingerprint density at radius 1 is 1.50 bits per heavy atom. The molecule has 0 aliphatic carbocycles. The van der Waals surface area contributed by atoms with Crippen LogP contribution in [-0.2, 0) is 5.41 Å². The van der Waals surface area contributed by atoms with Crippen molar-refractivity contribution in [3.05, 3.63) is 19.6 Å². The molecule has 0 amide bonds. The van der Waals surface area contributed by atoms with Crippen LogP contribution in [0.1, 0.15) is 44.9 Å². The van der Waals surface area contributed by atoms with Gasteiger partial charge in [0.2, 0.25) is 0 Å². The highest BCUT2D eigenvalue weighted by molar-refractivity contribution is 14.1. The number of hydrogen-bond acceptors (Lipinski definition) is 1. The van der Waals surface area contributed by atoms with E-state index < -0.39 is 0 Å². The van der Waals surface area contributed by atoms with Crippen LogP contribution in [-0.4, -0.2) is 0 Å². The average Bonchev–Trinajstić information content (AvgIpc) is 2.45. The Morgan fingerprint density at radius 2 is 2.14 bits per heavy atom. The normalized spacial score (nSPS) is 12.1. The first-order valence-electron chi connectivity index (χ1n) is 4.92. The van der Waals surface area contributed by atoms with Crippen molar-refractivity contribution in [2.75, 3.05) is 0 Å². The Hall–Kier alpha value is 0.360. The van der Waals surface area contributed by atoms with Crippen LogP contribution < -0.4 is 0 Å². The maximum absolute atomic E-state index is 13.2. The van der Waals surface area contributed by atoms with E-state index in [2.05, 4.69) is 43.4 Å². The molecule has 0 saturated heterocycles. The Morgan fingerprint density at radius 3 is 2.57 bits per heavy atom. The molecule has 0 atom stereocenters. The maximum atomic E-state index is 13.2. The molecule has 80 valence electrons. The van der Waals surface area contributed by atoms with E-state index in [1.807, 2.05) is 0 Å². The predicted molar refractivity (Wildman–Crippen MR) is 69.5 cm³/mol. The Kier molecular flexibility index (Phi) is 4.37. The van der Waals surface area contributed by atoms with Crippen LogP contribution >= 0.6 is 33.9 Å². The van der Waals surface area contributed by atoms with Crippen molar-refractivity contribution >= 4 is 33.9 Å². The molecular weight excluding hydrogens is 310 g/mol. The molecule has 0 aliphatic heterocycles. The predicted octanol–water partition coefficient (Wildman–Crippen LogP) is 4.96. The fourth-order valence-electron chi connectivity index (χ4n) is 1.42. The van der Waals surface area contributed by atoms with Crippen molar-refractivity contribution < 1.29 is 4.39 Å². The first-order valence-corrected chi connectivity index (χ1v) is 6.82. The minimum atomic E-state index is -0.0600. The molecule has 14 heavy (non-hydrogen) atoms. The van der Waals surface area contributed by atoms with Crippen molar-refractivity contribution in [3.8, 4) is 0 Å². The summed E-state index contributed by atoms with van der Waals surface area (Å²) in [5.74, 6) is -0.0600. The molecule has 0 bridgehead atoms. The zero-order valence-corrected chi connectivity index (χ0v) is 11.8. The third kappa shape index (κ3) is 2.92. The van der Waals surface area contributed by atoms with E-state index in [9.17, 15) is 4.39 Å². The van der Waals surface area contributed by atoms with Gasteiger partial charge >= 0.3 is 0 Å². The smallest absolute Gasteiger partial charge is 0.147 e. The first-order chi connectivity index (χ1) is 6.47. The summed E-state index contributed by atoms with van der Waals surface area (Å²) in [6, 6.07) is 1.70. The molecule has 1 heterocycles. The number of rotatable bonds is 4. The van der Waals surface area contributed by atoms with Crippen LogP contribution in [0.4, 0.5) is 4.39 Å². The summed E-state index contributed by atoms with van der Waals surface area (Å²) in [5.41, 5.74) is 0.130. The van der Waals surface area contributed by atoms with Crippen molar-refractivity contribution in [1.29, 1.82) is 0 Å². The van der Waals surface area contributed by atoms with Crippen LogP contribution in [0.2, 0.25) is 0 Å². The van der Waals surface area contributed by atoms with Gasteiger partial charge in [-0.25, -0.2) is 4.39 Å². The standard InChI is InChI=1S/C11H16FIS/c1-4-5-6-11(2,3)9-7-8(12)10(13)14-9/h7H,4-6H2,1-3H3. The molecule has 0 unspecified atom stereocenters. The monoisotopic (exact) mass is 326 g/mol. The number of hydrogen-bond donors (Lipinski definition) is 0. The molecule has 0 fully saturated rings. The van der Waals surface area contributed by atoms with E-state index in [0.717, 1.165) is 9.30 Å². The summed E-state index contributed by atoms with van der Waals surface area (Å²) in [5, 5.41) is 0. The molecule has 0 nitrogen and oxygen atoms in total. The van der Waals surface area contributed by atoms with Gasteiger partial charge < -0.3 is 0 Å². The molecule has 0 radical (unpaired) electrons. The zero-order valence-electron chi connectivity index (χ0n) is 8.86. The summed E-state index contributed by atoms with van der Waals surface area (Å²) < 4.78 is 14.0. The van der Waals surface area contributed by atoms with Crippen LogP contribution in [0, 0.1) is 8.70 Å². The van der Waals surface area contributed by atoms with E-state index in [-0.39, 0.29) is 11.2 Å². The molecule has 1 aromatic rings. The van der Waals surface area contributed by atoms with Gasteiger partial charge in [-0.15, -0.1) is 11.3 Å². The van der Waals surface area contributed by atoms with Crippen LogP contribution in [0.3, 0.4) is 0 Å². The van der Waals surface area contributed by atoms with Gasteiger partial charge in [-0.3, -0.25) is 0 Å². The van der Waals surface area contributed by atoms with Gasteiger partial charge in [0.1, 0.15) is 8.70 Å². The van der Waals surface area contributed by atoms with Crippen LogP contribution in [0.25, 0.3) is 0 Å². The van der Waals surface area contributed by atoms with Crippen molar-refractivity contribution in [3.63, 3.8) is 0 Å². The molecule has 0 spiro atoms. The summed E-state index contributed by atoms with van der Waals surface area (Å²) in [7, 11) is 0. The lowest BCUT2D eigenvalue weighted by Crippen LogP contribution is -2.14. The number of halogens is 2. The summed E-state index contributed by atoms with van der Waals surface area (Å²) in [6.45, 7) is 6.59. The summed E-state index contributed by atoms with van der Waals surface area (Å²) in [4.78, 5) is 1.17. The highest BCUT2D eigenvalue weighted by Gasteiger charge is 2.23. The summed E-state index contributed by atoms with van der Waals surface area (Å²) >= 11 is 3.65. The second-order valence-electron chi connectivity index (χ2n) is 4.22. The van der Waals surface area contributed by atoms with E-state index in [4.69, 9.17) is 0 Å². The van der Waals surface area contributed by atoms with Crippen LogP contribution in [0.15, 0.2) is 6.07 Å². The number of unbranched alkanes of at least 4 members (excludes halogenated alkanes) is 1. The molecule has 0 saturated carbocycles. The number of thiophene rings is 1. The second-order valence-corrected chi connectivity index (χ2v) is 7.08. The average molecular weight is 326 g/mol. The van der Waals surface area contributed by atoms with E-state index >= 15 is 0 Å². The lowest BCUT2D eigenvalue weighted by Gasteiger charge is -2.22. The molecule has 0 aliphatic rings. The van der Waals surface area contributed by atoms with E-state index in [0.29, 0.717) is 0 Å². The van der Waals surface area contributed by atoms with Crippen molar-refractivity contribution in [1.82, 2.24) is 0 Å². The Bertz CT molecular complexity index is 285. The van der Waals surface area contributed by atoms with Crippen molar-refractivity contribution in [2.45, 2.75) is 45.4 Å². The van der Waals surface area contributed by atoms with Crippen LogP contribution in [0.5, 0.6) is 0 Å². The second kappa shape index (κ2) is 4.92. The Labute approximate surface area is 103 Å². The molecule has 3 heteroatoms. The van der Waals surface area contributed by atoms with Crippen molar-refractivity contribution in [2.24, 2.45) is 0 Å². The summed E-state index contributed by atoms with van der Waals surface area (Å²) in [6.07, 6.45) is 3.55. The van der Waals surface area contributed by atoms with Gasteiger partial charge in [-0.2, -0.15) is 0 Å². The minimum absolute atomic E-state index is 0.0600. The van der Waals surface area contributed by atoms with Gasteiger partial charge in [0.05, 0.1) is 0 Å². The lowest BCUT2D eigenvalue weighted by molar-refractivity contribution is 0.464. The highest BCUT2D eigenvalue weighted by atomic mass is 127. The lowest BCUT2D eigenvalue weighted by atomic mass is 9.86. The van der Waals surface area contributed by atoms with Gasteiger partial charge in [0, 0.05) is 4.88 Å². The van der Waals surface area contributed by atoms with Gasteiger partial charge in [0.25, 0.3) is 0 Å². The highest BCUT2D eigenvalue weighted by Crippen LogP contribution is 2.36. The molecular formula is C11H16FIS. The molecule has 1 aromatic heterocycles. The molecule has 0 aromatic carbocycles. The zero-order chi connectivity index (χ0) is 10.8. The third-order valence-electron chi connectivity index (χ3n) is 2.47. The maximum Gasteiger partial charge on any atom is 0.147 e. The van der Waals surface area contributed by atoms with Gasteiger partial charge in [0.15, 0.2) is 0 Å². The van der Waals surface area contributed by atoms with Gasteiger partial charge in [-0.1, -0.05) is 33.6 Å². The molecule has 1 rings (SSSR count). The SMILES string of the molecule is CCCCC(C)(C)c1cc(F)c(I)s1. The van der Waals surface area contributed by atoms with Gasteiger partial charge in [-0.05, 0) is 40.5 Å². The topological polar surface area (TPSA) is 0 Å². The quantitative estimate of drug-likeness (QED) is 0.686. The molecule has 0 N–H and O–H groups in total. The van der Waals surface area contributed by atoms with E-state index in [1.165, 1.54) is 17.7 Å². The Balaban J connectivity index is 2.80. The fourth-order valence-corrected chi connectivity index (χ4v) is 3.18. The minimum Gasteiger partial charge on any atom is -0.205 e. The fraction of sp³-hybridized carbons (Fsp3) is 0.636. The first kappa shape index (κ1) is 12.4. The third-order valence-corrected chi connectivity index (χ3v) is 4.91. The van der Waals surface area contributed by atoms with E-state index in [1.54, 1.807) is 17.4 Å².